The van der Waals surface area contributed by atoms with Gasteiger partial charge in [-0.15, -0.1) is 22.7 Å². The third-order valence-corrected chi connectivity index (χ3v) is 6.86. The fourth-order valence-electron chi connectivity index (χ4n) is 3.30. The van der Waals surface area contributed by atoms with E-state index in [0.29, 0.717) is 17.5 Å². The number of pyridine rings is 1. The number of hydrogen-bond acceptors (Lipinski definition) is 6. The molecule has 4 rings (SSSR count). The molecule has 3 N–H and O–H groups in total. The average molecular weight is 476 g/mol. The predicted molar refractivity (Wildman–Crippen MR) is 121 cm³/mol. The van der Waals surface area contributed by atoms with Gasteiger partial charge in [0.15, 0.2) is 0 Å². The molecule has 0 saturated heterocycles. The second kappa shape index (κ2) is 8.75. The fraction of sp³-hybridized carbons (Fsp3) is 0.238. The molecule has 0 bridgehead atoms. The molecule has 4 aromatic heterocycles. The summed E-state index contributed by atoms with van der Waals surface area (Å²) in [4.78, 5) is 30.9. The Labute approximate surface area is 189 Å². The van der Waals surface area contributed by atoms with Crippen molar-refractivity contribution in [3.05, 3.63) is 51.6 Å². The molecule has 4 aromatic rings. The van der Waals surface area contributed by atoms with Gasteiger partial charge in [0.1, 0.15) is 15.4 Å². The van der Waals surface area contributed by atoms with Gasteiger partial charge in [-0.3, -0.25) is 14.3 Å². The molecule has 7 nitrogen and oxygen atoms in total. The van der Waals surface area contributed by atoms with E-state index in [1.54, 1.807) is 10.9 Å². The highest BCUT2D eigenvalue weighted by atomic mass is 32.1. The highest BCUT2D eigenvalue weighted by molar-refractivity contribution is 7.21. The first kappa shape index (κ1) is 22.0. The number of thiophene rings is 2. The van der Waals surface area contributed by atoms with Crippen LogP contribution in [0.5, 0.6) is 0 Å². The van der Waals surface area contributed by atoms with Crippen molar-refractivity contribution in [1.82, 2.24) is 14.8 Å². The maximum absolute atomic E-state index is 13.5. The lowest BCUT2D eigenvalue weighted by Gasteiger charge is -2.10. The van der Waals surface area contributed by atoms with Crippen LogP contribution in [0.15, 0.2) is 30.6 Å². The maximum Gasteiger partial charge on any atom is 0.280 e. The number of carbonyl (C=O) groups is 2. The van der Waals surface area contributed by atoms with E-state index in [1.165, 1.54) is 17.4 Å². The second-order valence-corrected chi connectivity index (χ2v) is 9.52. The molecule has 11 heteroatoms. The molecule has 0 aliphatic rings. The Bertz CT molecular complexity index is 1330. The lowest BCUT2D eigenvalue weighted by atomic mass is 10.1. The van der Waals surface area contributed by atoms with Crippen LogP contribution in [0.1, 0.15) is 38.7 Å². The van der Waals surface area contributed by atoms with E-state index in [9.17, 15) is 18.4 Å². The molecule has 4 heterocycles. The lowest BCUT2D eigenvalue weighted by Crippen LogP contribution is -2.18. The zero-order valence-electron chi connectivity index (χ0n) is 17.2. The molecular formula is C21H19F2N5O2S2. The van der Waals surface area contributed by atoms with E-state index in [0.717, 1.165) is 26.7 Å². The van der Waals surface area contributed by atoms with Crippen molar-refractivity contribution in [2.75, 3.05) is 5.32 Å². The zero-order chi connectivity index (χ0) is 23.0. The number of amides is 2. The number of rotatable bonds is 7. The molecule has 166 valence electrons. The van der Waals surface area contributed by atoms with Crippen LogP contribution in [0.25, 0.3) is 20.7 Å². The monoisotopic (exact) mass is 475 g/mol. The number of aryl methyl sites for hydroxylation is 3. The van der Waals surface area contributed by atoms with Crippen LogP contribution >= 0.6 is 22.7 Å². The molecule has 2 amide bonds. The van der Waals surface area contributed by atoms with Crippen molar-refractivity contribution in [1.29, 1.82) is 0 Å². The van der Waals surface area contributed by atoms with Crippen LogP contribution in [0.2, 0.25) is 0 Å². The quantitative estimate of drug-likeness (QED) is 0.397. The van der Waals surface area contributed by atoms with Gasteiger partial charge in [-0.1, -0.05) is 0 Å². The zero-order valence-corrected chi connectivity index (χ0v) is 18.8. The Morgan fingerprint density at radius 1 is 1.25 bits per heavy atom. The Morgan fingerprint density at radius 3 is 2.62 bits per heavy atom. The Hall–Kier alpha value is -3.18. The molecule has 0 spiro atoms. The van der Waals surface area contributed by atoms with Crippen molar-refractivity contribution in [3.63, 3.8) is 0 Å². The van der Waals surface area contributed by atoms with E-state index < -0.39 is 18.0 Å². The standard InChI is InChI=1S/C21H19F2N5O2S2/c1-10-8-25-28(9-10)6-5-15(29)27-17-16-12(14-4-3-11(2)31-14)7-13(19(22)23)26-21(16)32-18(17)20(24)30/h3-4,7-9,19H,5-6H2,1-2H3,(H2,24,30)(H,27,29). The number of nitrogens with one attached hydrogen (secondary N) is 1. The lowest BCUT2D eigenvalue weighted by molar-refractivity contribution is -0.116. The SMILES string of the molecule is Cc1cnn(CCC(=O)Nc2c(C(N)=O)sc3nc(C(F)F)cc(-c4ccc(C)s4)c23)c1. The minimum Gasteiger partial charge on any atom is -0.365 e. The Morgan fingerprint density at radius 2 is 2.03 bits per heavy atom. The van der Waals surface area contributed by atoms with Crippen molar-refractivity contribution < 1.29 is 18.4 Å². The number of aromatic nitrogens is 3. The minimum atomic E-state index is -2.78. The summed E-state index contributed by atoms with van der Waals surface area (Å²) in [5, 5.41) is 7.34. The number of primary amides is 1. The van der Waals surface area contributed by atoms with E-state index in [1.807, 2.05) is 32.2 Å². The van der Waals surface area contributed by atoms with Crippen LogP contribution < -0.4 is 11.1 Å². The number of anilines is 1. The van der Waals surface area contributed by atoms with Gasteiger partial charge in [-0.25, -0.2) is 13.8 Å². The molecule has 0 atom stereocenters. The third-order valence-electron chi connectivity index (χ3n) is 4.73. The molecule has 0 radical (unpaired) electrons. The topological polar surface area (TPSA) is 103 Å². The van der Waals surface area contributed by atoms with Crippen molar-refractivity contribution in [3.8, 4) is 10.4 Å². The van der Waals surface area contributed by atoms with Crippen molar-refractivity contribution in [2.45, 2.75) is 33.2 Å². The summed E-state index contributed by atoms with van der Waals surface area (Å²) in [6.07, 6.45) is 0.827. The number of nitrogens with zero attached hydrogens (tertiary/aromatic N) is 3. The summed E-state index contributed by atoms with van der Waals surface area (Å²) < 4.78 is 28.7. The van der Waals surface area contributed by atoms with Crippen molar-refractivity contribution in [2.24, 2.45) is 5.73 Å². The van der Waals surface area contributed by atoms with Crippen LogP contribution in [-0.4, -0.2) is 26.6 Å². The summed E-state index contributed by atoms with van der Waals surface area (Å²) in [6, 6.07) is 5.00. The summed E-state index contributed by atoms with van der Waals surface area (Å²) in [7, 11) is 0. The number of carbonyl (C=O) groups excluding carboxylic acids is 2. The van der Waals surface area contributed by atoms with Gasteiger partial charge in [-0.2, -0.15) is 5.10 Å². The first-order chi connectivity index (χ1) is 15.2. The van der Waals surface area contributed by atoms with Gasteiger partial charge >= 0.3 is 0 Å². The van der Waals surface area contributed by atoms with E-state index in [4.69, 9.17) is 5.73 Å². The summed E-state index contributed by atoms with van der Waals surface area (Å²) in [5.74, 6) is -1.12. The van der Waals surface area contributed by atoms with Gasteiger partial charge in [0.2, 0.25) is 5.91 Å². The third kappa shape index (κ3) is 4.39. The molecule has 0 fully saturated rings. The van der Waals surface area contributed by atoms with Gasteiger partial charge in [0.25, 0.3) is 12.3 Å². The first-order valence-electron chi connectivity index (χ1n) is 9.64. The number of fused-ring (bicyclic) bond motifs is 1. The van der Waals surface area contributed by atoms with E-state index >= 15 is 0 Å². The molecule has 0 aliphatic heterocycles. The normalized spacial score (nSPS) is 11.4. The molecule has 0 aromatic carbocycles. The second-order valence-electron chi connectivity index (χ2n) is 7.24. The average Bonchev–Trinajstić information content (AvgIpc) is 3.44. The highest BCUT2D eigenvalue weighted by Gasteiger charge is 2.25. The van der Waals surface area contributed by atoms with Crippen LogP contribution in [0.3, 0.4) is 0 Å². The van der Waals surface area contributed by atoms with Crippen LogP contribution in [-0.2, 0) is 11.3 Å². The Balaban J connectivity index is 1.78. The van der Waals surface area contributed by atoms with Crippen LogP contribution in [0, 0.1) is 13.8 Å². The molecular weight excluding hydrogens is 456 g/mol. The molecule has 0 unspecified atom stereocenters. The molecule has 32 heavy (non-hydrogen) atoms. The largest absolute Gasteiger partial charge is 0.365 e. The van der Waals surface area contributed by atoms with Gasteiger partial charge < -0.3 is 11.1 Å². The molecule has 0 aliphatic carbocycles. The van der Waals surface area contributed by atoms with Gasteiger partial charge in [0, 0.05) is 39.9 Å². The fourth-order valence-corrected chi connectivity index (χ4v) is 5.21. The van der Waals surface area contributed by atoms with Crippen molar-refractivity contribution >= 4 is 50.4 Å². The van der Waals surface area contributed by atoms with Gasteiger partial charge in [-0.05, 0) is 37.6 Å². The first-order valence-corrected chi connectivity index (χ1v) is 11.3. The predicted octanol–water partition coefficient (Wildman–Crippen LogP) is 4.90. The van der Waals surface area contributed by atoms with Crippen LogP contribution in [0.4, 0.5) is 14.5 Å². The minimum absolute atomic E-state index is 0.0664. The number of alkyl halides is 2. The smallest absolute Gasteiger partial charge is 0.280 e. The Kier molecular flexibility index (Phi) is 6.02. The number of halogens is 2. The van der Waals surface area contributed by atoms with E-state index in [-0.39, 0.29) is 27.7 Å². The number of hydrogen-bond donors (Lipinski definition) is 2. The summed E-state index contributed by atoms with van der Waals surface area (Å²) in [5.41, 5.74) is 6.80. The summed E-state index contributed by atoms with van der Waals surface area (Å²) >= 11 is 2.32. The van der Waals surface area contributed by atoms with Gasteiger partial charge in [0.05, 0.1) is 11.9 Å². The summed E-state index contributed by atoms with van der Waals surface area (Å²) in [6.45, 7) is 4.15. The molecule has 0 saturated carbocycles. The highest BCUT2D eigenvalue weighted by Crippen LogP contribution is 2.44. The maximum atomic E-state index is 13.5. The van der Waals surface area contributed by atoms with E-state index in [2.05, 4.69) is 15.4 Å². The number of nitrogens with two attached hydrogens (primary N) is 1.